The minimum absolute atomic E-state index is 0.246. The Bertz CT molecular complexity index is 221. The third-order valence-electron chi connectivity index (χ3n) is 1.62. The van der Waals surface area contributed by atoms with Crippen LogP contribution in [0.3, 0.4) is 0 Å². The van der Waals surface area contributed by atoms with Gasteiger partial charge in [0.05, 0.1) is 5.57 Å². The van der Waals surface area contributed by atoms with E-state index >= 15 is 0 Å². The van der Waals surface area contributed by atoms with Crippen LogP contribution in [-0.4, -0.2) is 49.1 Å². The first-order chi connectivity index (χ1) is 6.93. The van der Waals surface area contributed by atoms with E-state index in [2.05, 4.69) is 11.3 Å². The highest BCUT2D eigenvalue weighted by Crippen LogP contribution is 2.10. The van der Waals surface area contributed by atoms with Gasteiger partial charge in [0, 0.05) is 14.2 Å². The zero-order valence-electron chi connectivity index (χ0n) is 8.97. The second-order valence-corrected chi connectivity index (χ2v) is 2.81. The first kappa shape index (κ1) is 14.1. The first-order valence-corrected chi connectivity index (χ1v) is 4.25. The summed E-state index contributed by atoms with van der Waals surface area (Å²) in [7, 11) is 2.62. The van der Waals surface area contributed by atoms with Crippen molar-refractivity contribution in [3.05, 3.63) is 12.2 Å². The lowest BCUT2D eigenvalue weighted by Crippen LogP contribution is -2.35. The van der Waals surface area contributed by atoms with Gasteiger partial charge in [0.1, 0.15) is 6.10 Å². The van der Waals surface area contributed by atoms with Crippen LogP contribution in [0.2, 0.25) is 0 Å². The van der Waals surface area contributed by atoms with Crippen LogP contribution in [0.25, 0.3) is 0 Å². The molecule has 0 spiro atoms. The molecule has 0 amide bonds. The second-order valence-electron chi connectivity index (χ2n) is 2.81. The lowest BCUT2D eigenvalue weighted by atomic mass is 10.1. The molecule has 6 nitrogen and oxygen atoms in total. The van der Waals surface area contributed by atoms with Crippen molar-refractivity contribution in [2.45, 2.75) is 25.6 Å². The quantitative estimate of drug-likeness (QED) is 0.353. The van der Waals surface area contributed by atoms with Crippen LogP contribution in [0.5, 0.6) is 0 Å². The standard InChI is InChI=1S/C9H16O6/c1-5(8(12)15-6(2)10)7(11)9(13-3)14-4/h6-7,9-11H,1H2,2-4H3. The van der Waals surface area contributed by atoms with E-state index in [0.717, 1.165) is 0 Å². The Morgan fingerprint density at radius 3 is 2.07 bits per heavy atom. The minimum Gasteiger partial charge on any atom is -0.433 e. The van der Waals surface area contributed by atoms with Gasteiger partial charge in [-0.15, -0.1) is 0 Å². The van der Waals surface area contributed by atoms with Crippen molar-refractivity contribution in [2.24, 2.45) is 0 Å². The average Bonchev–Trinajstić information content (AvgIpc) is 2.17. The maximum absolute atomic E-state index is 11.2. The van der Waals surface area contributed by atoms with Crippen LogP contribution in [-0.2, 0) is 19.0 Å². The van der Waals surface area contributed by atoms with Crippen molar-refractivity contribution in [1.29, 1.82) is 0 Å². The smallest absolute Gasteiger partial charge is 0.338 e. The van der Waals surface area contributed by atoms with Crippen molar-refractivity contribution in [2.75, 3.05) is 14.2 Å². The number of methoxy groups -OCH3 is 2. The van der Waals surface area contributed by atoms with Gasteiger partial charge in [-0.1, -0.05) is 6.58 Å². The topological polar surface area (TPSA) is 85.2 Å². The largest absolute Gasteiger partial charge is 0.433 e. The van der Waals surface area contributed by atoms with E-state index in [1.807, 2.05) is 0 Å². The summed E-state index contributed by atoms with van der Waals surface area (Å²) in [6.45, 7) is 4.59. The summed E-state index contributed by atoms with van der Waals surface area (Å²) in [5, 5.41) is 18.3. The first-order valence-electron chi connectivity index (χ1n) is 4.25. The molecule has 0 aliphatic rings. The molecule has 0 heterocycles. The van der Waals surface area contributed by atoms with Crippen molar-refractivity contribution >= 4 is 5.97 Å². The van der Waals surface area contributed by atoms with Crippen molar-refractivity contribution in [3.8, 4) is 0 Å². The van der Waals surface area contributed by atoms with E-state index in [9.17, 15) is 9.90 Å². The summed E-state index contributed by atoms with van der Waals surface area (Å²) >= 11 is 0. The molecule has 0 saturated carbocycles. The van der Waals surface area contributed by atoms with E-state index in [1.165, 1.54) is 21.1 Å². The molecule has 0 aromatic heterocycles. The van der Waals surface area contributed by atoms with Crippen LogP contribution in [0.15, 0.2) is 12.2 Å². The predicted octanol–water partition coefficient (Wildman–Crippen LogP) is -0.596. The summed E-state index contributed by atoms with van der Waals surface area (Å²) < 4.78 is 13.9. The van der Waals surface area contributed by atoms with Gasteiger partial charge in [-0.2, -0.15) is 0 Å². The van der Waals surface area contributed by atoms with Crippen LogP contribution in [0.4, 0.5) is 0 Å². The monoisotopic (exact) mass is 220 g/mol. The van der Waals surface area contributed by atoms with Crippen LogP contribution < -0.4 is 0 Å². The number of esters is 1. The highest BCUT2D eigenvalue weighted by atomic mass is 16.7. The normalized spacial score (nSPS) is 14.8. The summed E-state index contributed by atoms with van der Waals surface area (Å²) in [5.74, 6) is -0.906. The number of hydrogen-bond acceptors (Lipinski definition) is 6. The van der Waals surface area contributed by atoms with Crippen molar-refractivity contribution in [3.63, 3.8) is 0 Å². The number of carbonyl (C=O) groups is 1. The van der Waals surface area contributed by atoms with E-state index in [1.54, 1.807) is 0 Å². The molecule has 88 valence electrons. The number of rotatable bonds is 6. The molecule has 0 fully saturated rings. The summed E-state index contributed by atoms with van der Waals surface area (Å²) in [4.78, 5) is 11.2. The average molecular weight is 220 g/mol. The van der Waals surface area contributed by atoms with Gasteiger partial charge in [0.2, 0.25) is 0 Å². The Kier molecular flexibility index (Phi) is 6.11. The van der Waals surface area contributed by atoms with Crippen LogP contribution in [0.1, 0.15) is 6.92 Å². The molecule has 2 N–H and O–H groups in total. The van der Waals surface area contributed by atoms with Crippen LogP contribution >= 0.6 is 0 Å². The lowest BCUT2D eigenvalue weighted by Gasteiger charge is -2.21. The Balaban J connectivity index is 4.36. The molecule has 0 bridgehead atoms. The lowest BCUT2D eigenvalue weighted by molar-refractivity contribution is -0.172. The van der Waals surface area contributed by atoms with Crippen molar-refractivity contribution in [1.82, 2.24) is 0 Å². The Labute approximate surface area is 88.1 Å². The highest BCUT2D eigenvalue weighted by Gasteiger charge is 2.27. The SMILES string of the molecule is C=C(C(=O)OC(C)O)C(O)C(OC)OC. The number of ether oxygens (including phenoxy) is 3. The number of aliphatic hydroxyl groups is 2. The number of aliphatic hydroxyl groups excluding tert-OH is 2. The fourth-order valence-electron chi connectivity index (χ4n) is 0.870. The minimum atomic E-state index is -1.34. The van der Waals surface area contributed by atoms with E-state index < -0.39 is 24.7 Å². The van der Waals surface area contributed by atoms with Crippen LogP contribution in [0, 0.1) is 0 Å². The summed E-state index contributed by atoms with van der Waals surface area (Å²) in [5.41, 5.74) is -0.246. The Hall–Kier alpha value is -0.950. The number of carbonyl (C=O) groups excluding carboxylic acids is 1. The highest BCUT2D eigenvalue weighted by molar-refractivity contribution is 5.88. The molecule has 0 aliphatic carbocycles. The molecule has 0 aromatic carbocycles. The van der Waals surface area contributed by atoms with E-state index in [4.69, 9.17) is 14.6 Å². The summed E-state index contributed by atoms with van der Waals surface area (Å²) in [6.07, 6.45) is -3.60. The molecule has 0 radical (unpaired) electrons. The van der Waals surface area contributed by atoms with Gasteiger partial charge in [-0.05, 0) is 6.92 Å². The summed E-state index contributed by atoms with van der Waals surface area (Å²) in [6, 6.07) is 0. The van der Waals surface area contributed by atoms with Gasteiger partial charge in [0.15, 0.2) is 12.6 Å². The molecule has 6 heteroatoms. The van der Waals surface area contributed by atoms with E-state index in [-0.39, 0.29) is 5.57 Å². The van der Waals surface area contributed by atoms with Crippen molar-refractivity contribution < 1.29 is 29.2 Å². The molecule has 0 rings (SSSR count). The Morgan fingerprint density at radius 1 is 1.27 bits per heavy atom. The predicted molar refractivity (Wildman–Crippen MR) is 50.7 cm³/mol. The fourth-order valence-corrected chi connectivity index (χ4v) is 0.870. The Morgan fingerprint density at radius 2 is 1.73 bits per heavy atom. The molecular weight excluding hydrogens is 204 g/mol. The maximum atomic E-state index is 11.2. The van der Waals surface area contributed by atoms with Gasteiger partial charge in [0.25, 0.3) is 0 Å². The molecule has 2 atom stereocenters. The maximum Gasteiger partial charge on any atom is 0.338 e. The number of hydrogen-bond donors (Lipinski definition) is 2. The zero-order chi connectivity index (χ0) is 12.0. The molecular formula is C9H16O6. The molecule has 0 aromatic rings. The van der Waals surface area contributed by atoms with Gasteiger partial charge < -0.3 is 24.4 Å². The zero-order valence-corrected chi connectivity index (χ0v) is 8.97. The van der Waals surface area contributed by atoms with E-state index in [0.29, 0.717) is 0 Å². The molecule has 15 heavy (non-hydrogen) atoms. The molecule has 0 aliphatic heterocycles. The molecule has 2 unspecified atom stereocenters. The fraction of sp³-hybridized carbons (Fsp3) is 0.667. The van der Waals surface area contributed by atoms with Gasteiger partial charge >= 0.3 is 5.97 Å². The third-order valence-corrected chi connectivity index (χ3v) is 1.62. The third kappa shape index (κ3) is 4.39. The molecule has 0 saturated heterocycles. The second kappa shape index (κ2) is 6.52. The van der Waals surface area contributed by atoms with Gasteiger partial charge in [-0.25, -0.2) is 4.79 Å². The van der Waals surface area contributed by atoms with Gasteiger partial charge in [-0.3, -0.25) is 0 Å².